The van der Waals surface area contributed by atoms with Crippen LogP contribution in [0.5, 0.6) is 5.75 Å². The summed E-state index contributed by atoms with van der Waals surface area (Å²) in [6.45, 7) is 2.03. The van der Waals surface area contributed by atoms with Crippen molar-refractivity contribution in [1.29, 1.82) is 0 Å². The zero-order valence-electron chi connectivity index (χ0n) is 7.07. The van der Waals surface area contributed by atoms with E-state index in [9.17, 15) is 8.96 Å². The molecular formula is C8H9FO3P+. The lowest BCUT2D eigenvalue weighted by molar-refractivity contribution is 0.302. The topological polar surface area (TPSA) is 35.5 Å². The fourth-order valence-electron chi connectivity index (χ4n) is 0.713. The van der Waals surface area contributed by atoms with Gasteiger partial charge in [0.25, 0.3) is 0 Å². The van der Waals surface area contributed by atoms with E-state index in [0.717, 1.165) is 0 Å². The SMILES string of the molecule is CCO[P+](=O)Oc1ccc(F)cc1. The second-order valence-electron chi connectivity index (χ2n) is 2.19. The lowest BCUT2D eigenvalue weighted by Crippen LogP contribution is -1.86. The van der Waals surface area contributed by atoms with Crippen molar-refractivity contribution in [2.24, 2.45) is 0 Å². The van der Waals surface area contributed by atoms with Crippen LogP contribution in [0.25, 0.3) is 0 Å². The maximum atomic E-state index is 12.4. The molecule has 0 aromatic heterocycles. The van der Waals surface area contributed by atoms with Gasteiger partial charge in [-0.15, -0.1) is 4.52 Å². The number of rotatable bonds is 4. The first kappa shape index (κ1) is 10.1. The second kappa shape index (κ2) is 4.90. The molecule has 3 nitrogen and oxygen atoms in total. The van der Waals surface area contributed by atoms with Crippen LogP contribution in [0.15, 0.2) is 24.3 Å². The normalized spacial score (nSPS) is 11.1. The zero-order chi connectivity index (χ0) is 9.68. The summed E-state index contributed by atoms with van der Waals surface area (Å²) >= 11 is 0. The summed E-state index contributed by atoms with van der Waals surface area (Å²) in [7, 11) is -2.14. The summed E-state index contributed by atoms with van der Waals surface area (Å²) < 4.78 is 32.8. The Balaban J connectivity index is 2.54. The third-order valence-corrected chi connectivity index (χ3v) is 2.06. The van der Waals surface area contributed by atoms with Crippen molar-refractivity contribution >= 4 is 8.25 Å². The number of hydrogen-bond donors (Lipinski definition) is 0. The zero-order valence-corrected chi connectivity index (χ0v) is 7.96. The van der Waals surface area contributed by atoms with E-state index in [1.54, 1.807) is 6.92 Å². The third-order valence-electron chi connectivity index (χ3n) is 1.23. The van der Waals surface area contributed by atoms with E-state index >= 15 is 0 Å². The monoisotopic (exact) mass is 203 g/mol. The van der Waals surface area contributed by atoms with E-state index in [4.69, 9.17) is 4.52 Å². The molecule has 0 aliphatic heterocycles. The summed E-state index contributed by atoms with van der Waals surface area (Å²) in [6, 6.07) is 5.23. The van der Waals surface area contributed by atoms with E-state index in [0.29, 0.717) is 12.4 Å². The Morgan fingerprint density at radius 1 is 1.38 bits per heavy atom. The number of halogens is 1. The highest BCUT2D eigenvalue weighted by Gasteiger charge is 2.20. The van der Waals surface area contributed by atoms with Crippen molar-refractivity contribution < 1.29 is 18.0 Å². The maximum absolute atomic E-state index is 12.4. The molecule has 0 amide bonds. The summed E-state index contributed by atoms with van der Waals surface area (Å²) in [6.07, 6.45) is 0. The smallest absolute Gasteiger partial charge is 0.229 e. The lowest BCUT2D eigenvalue weighted by atomic mass is 10.3. The standard InChI is InChI=1S/C8H9FO3P/c1-2-11-13(10)12-8-5-3-7(9)4-6-8/h3-6H,2H2,1H3/q+1. The molecule has 0 aliphatic rings. The van der Waals surface area contributed by atoms with Gasteiger partial charge in [0.15, 0.2) is 5.75 Å². The van der Waals surface area contributed by atoms with Crippen LogP contribution in [0.3, 0.4) is 0 Å². The van der Waals surface area contributed by atoms with Crippen LogP contribution < -0.4 is 4.52 Å². The predicted molar refractivity (Wildman–Crippen MR) is 46.3 cm³/mol. The Bertz CT molecular complexity index is 286. The number of hydrogen-bond acceptors (Lipinski definition) is 3. The van der Waals surface area contributed by atoms with Crippen molar-refractivity contribution in [3.05, 3.63) is 30.1 Å². The third kappa shape index (κ3) is 3.49. The van der Waals surface area contributed by atoms with Crippen LogP contribution in [-0.4, -0.2) is 6.61 Å². The summed E-state index contributed by atoms with van der Waals surface area (Å²) in [4.78, 5) is 0. The van der Waals surface area contributed by atoms with E-state index in [2.05, 4.69) is 4.52 Å². The van der Waals surface area contributed by atoms with Gasteiger partial charge in [0.2, 0.25) is 0 Å². The maximum Gasteiger partial charge on any atom is 0.750 e. The molecule has 1 atom stereocenters. The molecule has 0 N–H and O–H groups in total. The molecule has 0 saturated heterocycles. The van der Waals surface area contributed by atoms with Crippen LogP contribution in [-0.2, 0) is 9.09 Å². The van der Waals surface area contributed by atoms with Gasteiger partial charge in [-0.05, 0) is 31.2 Å². The highest BCUT2D eigenvalue weighted by molar-refractivity contribution is 7.33. The molecule has 13 heavy (non-hydrogen) atoms. The molecule has 70 valence electrons. The van der Waals surface area contributed by atoms with Crippen LogP contribution >= 0.6 is 8.25 Å². The molecule has 0 fully saturated rings. The Kier molecular flexibility index (Phi) is 3.80. The molecule has 0 heterocycles. The molecule has 1 rings (SSSR count). The van der Waals surface area contributed by atoms with Crippen LogP contribution in [0.1, 0.15) is 6.92 Å². The minimum Gasteiger partial charge on any atom is -0.229 e. The highest BCUT2D eigenvalue weighted by Crippen LogP contribution is 2.27. The van der Waals surface area contributed by atoms with E-state index in [1.807, 2.05) is 0 Å². The first-order valence-corrected chi connectivity index (χ1v) is 4.85. The van der Waals surface area contributed by atoms with Gasteiger partial charge in [-0.3, -0.25) is 0 Å². The molecule has 1 aromatic rings. The molecule has 5 heteroatoms. The lowest BCUT2D eigenvalue weighted by Gasteiger charge is -1.91. The Labute approximate surface area is 76.4 Å². The van der Waals surface area contributed by atoms with E-state index in [1.165, 1.54) is 24.3 Å². The Morgan fingerprint density at radius 2 is 2.00 bits per heavy atom. The number of benzene rings is 1. The molecule has 1 aromatic carbocycles. The fourth-order valence-corrected chi connectivity index (χ4v) is 1.27. The van der Waals surface area contributed by atoms with Crippen LogP contribution in [0, 0.1) is 5.82 Å². The average molecular weight is 203 g/mol. The van der Waals surface area contributed by atoms with E-state index in [-0.39, 0.29) is 5.82 Å². The largest absolute Gasteiger partial charge is 0.750 e. The fraction of sp³-hybridized carbons (Fsp3) is 0.250. The highest BCUT2D eigenvalue weighted by atomic mass is 31.1. The van der Waals surface area contributed by atoms with Crippen molar-refractivity contribution in [1.82, 2.24) is 0 Å². The minimum atomic E-state index is -2.14. The second-order valence-corrected chi connectivity index (χ2v) is 3.07. The molecule has 0 spiro atoms. The van der Waals surface area contributed by atoms with Crippen molar-refractivity contribution in [3.8, 4) is 5.75 Å². The summed E-state index contributed by atoms with van der Waals surface area (Å²) in [5.41, 5.74) is 0. The average Bonchev–Trinajstić information content (AvgIpc) is 2.09. The molecule has 0 saturated carbocycles. The van der Waals surface area contributed by atoms with E-state index < -0.39 is 8.25 Å². The predicted octanol–water partition coefficient (Wildman–Crippen LogP) is 2.90. The Hall–Kier alpha value is -0.990. The Morgan fingerprint density at radius 3 is 2.54 bits per heavy atom. The first-order chi connectivity index (χ1) is 6.22. The van der Waals surface area contributed by atoms with Crippen molar-refractivity contribution in [2.75, 3.05) is 6.61 Å². The van der Waals surface area contributed by atoms with Gasteiger partial charge in [-0.2, -0.15) is 0 Å². The molecule has 0 aliphatic carbocycles. The van der Waals surface area contributed by atoms with Gasteiger partial charge in [-0.1, -0.05) is 0 Å². The summed E-state index contributed by atoms with van der Waals surface area (Å²) in [5, 5.41) is 0. The first-order valence-electron chi connectivity index (χ1n) is 3.76. The molecular weight excluding hydrogens is 194 g/mol. The van der Waals surface area contributed by atoms with Crippen LogP contribution in [0.2, 0.25) is 0 Å². The van der Waals surface area contributed by atoms with Gasteiger partial charge < -0.3 is 0 Å². The van der Waals surface area contributed by atoms with Gasteiger partial charge in [0.1, 0.15) is 12.4 Å². The summed E-state index contributed by atoms with van der Waals surface area (Å²) in [5.74, 6) is -0.0325. The molecule has 0 radical (unpaired) electrons. The van der Waals surface area contributed by atoms with Gasteiger partial charge in [0, 0.05) is 4.57 Å². The molecule has 0 bridgehead atoms. The van der Waals surface area contributed by atoms with Gasteiger partial charge in [-0.25, -0.2) is 8.91 Å². The van der Waals surface area contributed by atoms with Crippen molar-refractivity contribution in [2.45, 2.75) is 6.92 Å². The van der Waals surface area contributed by atoms with Gasteiger partial charge in [0.05, 0.1) is 0 Å². The molecule has 1 unspecified atom stereocenters. The van der Waals surface area contributed by atoms with Crippen molar-refractivity contribution in [3.63, 3.8) is 0 Å². The van der Waals surface area contributed by atoms with Crippen LogP contribution in [0.4, 0.5) is 4.39 Å². The van der Waals surface area contributed by atoms with Gasteiger partial charge >= 0.3 is 8.25 Å². The minimum absolute atomic E-state index is 0.316. The quantitative estimate of drug-likeness (QED) is 0.705.